The van der Waals surface area contributed by atoms with Gasteiger partial charge >= 0.3 is 0 Å². The Morgan fingerprint density at radius 2 is 2.04 bits per heavy atom. The summed E-state index contributed by atoms with van der Waals surface area (Å²) in [5, 5.41) is 2.44. The number of aryl methyl sites for hydroxylation is 1. The molecule has 1 N–H and O–H groups in total. The van der Waals surface area contributed by atoms with Crippen molar-refractivity contribution in [3.63, 3.8) is 0 Å². The molecule has 0 spiro atoms. The lowest BCUT2D eigenvalue weighted by Gasteiger charge is -2.27. The number of fused-ring (bicyclic) bond motifs is 3. The highest BCUT2D eigenvalue weighted by Gasteiger charge is 2.33. The Bertz CT molecular complexity index is 1020. The van der Waals surface area contributed by atoms with E-state index in [1.165, 1.54) is 12.1 Å². The van der Waals surface area contributed by atoms with Crippen LogP contribution in [0.2, 0.25) is 0 Å². The third-order valence-corrected chi connectivity index (χ3v) is 5.62. The van der Waals surface area contributed by atoms with Crippen molar-refractivity contribution >= 4 is 21.7 Å². The molecule has 0 radical (unpaired) electrons. The van der Waals surface area contributed by atoms with E-state index in [0.717, 1.165) is 11.6 Å². The van der Waals surface area contributed by atoms with Gasteiger partial charge in [-0.2, -0.15) is 8.42 Å². The van der Waals surface area contributed by atoms with E-state index in [9.17, 15) is 17.6 Å². The zero-order valence-corrected chi connectivity index (χ0v) is 15.1. The van der Waals surface area contributed by atoms with Crippen LogP contribution in [0.25, 0.3) is 0 Å². The van der Waals surface area contributed by atoms with Gasteiger partial charge in [-0.15, -0.1) is 0 Å². The van der Waals surface area contributed by atoms with Crippen molar-refractivity contribution in [2.45, 2.75) is 24.3 Å². The van der Waals surface area contributed by atoms with E-state index in [1.807, 2.05) is 6.92 Å². The monoisotopic (exact) mass is 393 g/mol. The van der Waals surface area contributed by atoms with Crippen molar-refractivity contribution in [3.05, 3.63) is 47.3 Å². The predicted octanol–water partition coefficient (Wildman–Crippen LogP) is 2.17. The summed E-state index contributed by atoms with van der Waals surface area (Å²) in [5.41, 5.74) is 1.36. The van der Waals surface area contributed by atoms with Crippen LogP contribution in [-0.4, -0.2) is 33.6 Å². The average Bonchev–Trinajstić information content (AvgIpc) is 3.03. The molecule has 2 heterocycles. The summed E-state index contributed by atoms with van der Waals surface area (Å²) in [4.78, 5) is 11.6. The molecule has 0 unspecified atom stereocenters. The summed E-state index contributed by atoms with van der Waals surface area (Å²) in [6.07, 6.45) is -0.753. The summed E-state index contributed by atoms with van der Waals surface area (Å²) in [6, 6.07) is 7.42. The molecule has 0 saturated heterocycles. The van der Waals surface area contributed by atoms with Crippen LogP contribution in [0.1, 0.15) is 11.1 Å². The number of rotatable bonds is 4. The summed E-state index contributed by atoms with van der Waals surface area (Å²) in [6.45, 7) is 1.57. The van der Waals surface area contributed by atoms with E-state index >= 15 is 0 Å². The molecule has 0 aromatic heterocycles. The molecule has 2 aromatic carbocycles. The van der Waals surface area contributed by atoms with Gasteiger partial charge in [-0.05, 0) is 19.1 Å². The van der Waals surface area contributed by atoms with Gasteiger partial charge in [0, 0.05) is 11.6 Å². The molecule has 142 valence electrons. The van der Waals surface area contributed by atoms with Gasteiger partial charge in [0.1, 0.15) is 13.2 Å². The number of benzene rings is 2. The van der Waals surface area contributed by atoms with Crippen LogP contribution in [0.4, 0.5) is 10.1 Å². The van der Waals surface area contributed by atoms with Gasteiger partial charge in [0.25, 0.3) is 10.1 Å². The maximum atomic E-state index is 14.0. The Morgan fingerprint density at radius 3 is 2.78 bits per heavy atom. The molecule has 1 amide bonds. The number of carbonyl (C=O) groups is 1. The average molecular weight is 393 g/mol. The van der Waals surface area contributed by atoms with Gasteiger partial charge in [0.05, 0.1) is 17.0 Å². The fraction of sp³-hybridized carbons (Fsp3) is 0.278. The first kappa shape index (κ1) is 17.7. The maximum absolute atomic E-state index is 14.0. The summed E-state index contributed by atoms with van der Waals surface area (Å²) in [5.74, 6) is -0.534. The van der Waals surface area contributed by atoms with Gasteiger partial charge in [-0.3, -0.25) is 8.98 Å². The highest BCUT2D eigenvalue weighted by molar-refractivity contribution is 7.86. The van der Waals surface area contributed by atoms with Gasteiger partial charge in [0.2, 0.25) is 5.91 Å². The molecule has 2 aliphatic heterocycles. The number of amides is 1. The molecule has 2 aliphatic rings. The minimum atomic E-state index is -3.94. The molecule has 0 aliphatic carbocycles. The molecule has 7 nitrogen and oxygen atoms in total. The van der Waals surface area contributed by atoms with Crippen molar-refractivity contribution < 1.29 is 31.3 Å². The number of hydrogen-bond donors (Lipinski definition) is 1. The Hall–Kier alpha value is -2.65. The minimum Gasteiger partial charge on any atom is -0.486 e. The van der Waals surface area contributed by atoms with Crippen molar-refractivity contribution in [3.8, 4) is 11.5 Å². The Kier molecular flexibility index (Phi) is 4.27. The van der Waals surface area contributed by atoms with Crippen LogP contribution in [0.3, 0.4) is 0 Å². The Balaban J connectivity index is 1.50. The Morgan fingerprint density at radius 1 is 1.30 bits per heavy atom. The number of halogens is 1. The zero-order valence-electron chi connectivity index (χ0n) is 14.3. The second-order valence-electron chi connectivity index (χ2n) is 6.37. The number of nitrogens with one attached hydrogen (secondary N) is 1. The van der Waals surface area contributed by atoms with E-state index < -0.39 is 22.0 Å². The highest BCUT2D eigenvalue weighted by Crippen LogP contribution is 2.43. The van der Waals surface area contributed by atoms with E-state index in [0.29, 0.717) is 5.56 Å². The van der Waals surface area contributed by atoms with Gasteiger partial charge in [0.15, 0.2) is 23.4 Å². The third-order valence-electron chi connectivity index (χ3n) is 4.33. The number of anilines is 1. The lowest BCUT2D eigenvalue weighted by atomic mass is 10.1. The first-order valence-corrected chi connectivity index (χ1v) is 9.65. The smallest absolute Gasteiger partial charge is 0.297 e. The van der Waals surface area contributed by atoms with Crippen LogP contribution >= 0.6 is 0 Å². The molecule has 0 bridgehead atoms. The third kappa shape index (κ3) is 3.35. The standard InChI is InChI=1S/C18H16FNO6S/c1-10-2-4-12(5-3-10)27(22,23)25-9-11-8-24-15-7-14(19)17-13(18(15)26-11)6-16(21)20-17/h2-5,7,11H,6,8-9H2,1H3,(H,20,21)/t11-/m1/s1. The molecule has 9 heteroatoms. The topological polar surface area (TPSA) is 90.9 Å². The SMILES string of the molecule is Cc1ccc(S(=O)(=O)OC[C@H]2COc3cc(F)c4c(c3O2)CC(=O)N4)cc1. The molecule has 0 saturated carbocycles. The van der Waals surface area contributed by atoms with Crippen LogP contribution in [0.15, 0.2) is 35.2 Å². The molecular formula is C18H16FNO6S. The number of hydrogen-bond acceptors (Lipinski definition) is 6. The molecule has 4 rings (SSSR count). The molecule has 2 aromatic rings. The molecular weight excluding hydrogens is 377 g/mol. The van der Waals surface area contributed by atoms with Gasteiger partial charge < -0.3 is 14.8 Å². The van der Waals surface area contributed by atoms with Gasteiger partial charge in [-0.25, -0.2) is 4.39 Å². The quantitative estimate of drug-likeness (QED) is 0.801. The molecule has 27 heavy (non-hydrogen) atoms. The predicted molar refractivity (Wildman–Crippen MR) is 93.0 cm³/mol. The largest absolute Gasteiger partial charge is 0.486 e. The normalized spacial score (nSPS) is 18.1. The summed E-state index contributed by atoms with van der Waals surface area (Å²) < 4.78 is 54.9. The minimum absolute atomic E-state index is 0.00395. The second-order valence-corrected chi connectivity index (χ2v) is 7.98. The molecule has 0 fully saturated rings. The van der Waals surface area contributed by atoms with E-state index in [2.05, 4.69) is 5.32 Å². The highest BCUT2D eigenvalue weighted by atomic mass is 32.2. The number of ether oxygens (including phenoxy) is 2. The maximum Gasteiger partial charge on any atom is 0.297 e. The summed E-state index contributed by atoms with van der Waals surface area (Å²) in [7, 11) is -3.94. The Labute approximate surface area is 155 Å². The fourth-order valence-corrected chi connectivity index (χ4v) is 3.88. The van der Waals surface area contributed by atoms with E-state index in [4.69, 9.17) is 13.7 Å². The van der Waals surface area contributed by atoms with Crippen LogP contribution in [0.5, 0.6) is 11.5 Å². The van der Waals surface area contributed by atoms with E-state index in [1.54, 1.807) is 12.1 Å². The van der Waals surface area contributed by atoms with Crippen molar-refractivity contribution in [2.75, 3.05) is 18.5 Å². The van der Waals surface area contributed by atoms with Crippen LogP contribution < -0.4 is 14.8 Å². The lowest BCUT2D eigenvalue weighted by molar-refractivity contribution is -0.115. The fourth-order valence-electron chi connectivity index (χ4n) is 2.95. The first-order chi connectivity index (χ1) is 12.8. The zero-order chi connectivity index (χ0) is 19.2. The lowest BCUT2D eigenvalue weighted by Crippen LogP contribution is -2.34. The van der Waals surface area contributed by atoms with E-state index in [-0.39, 0.29) is 47.6 Å². The van der Waals surface area contributed by atoms with Crippen molar-refractivity contribution in [2.24, 2.45) is 0 Å². The van der Waals surface area contributed by atoms with Gasteiger partial charge in [-0.1, -0.05) is 17.7 Å². The van der Waals surface area contributed by atoms with Crippen LogP contribution in [-0.2, 0) is 25.5 Å². The number of carbonyl (C=O) groups excluding carboxylic acids is 1. The van der Waals surface area contributed by atoms with Crippen LogP contribution in [0, 0.1) is 12.7 Å². The second kappa shape index (κ2) is 6.50. The first-order valence-electron chi connectivity index (χ1n) is 8.24. The van der Waals surface area contributed by atoms with Crippen molar-refractivity contribution in [1.82, 2.24) is 0 Å². The summed E-state index contributed by atoms with van der Waals surface area (Å²) >= 11 is 0. The van der Waals surface area contributed by atoms with Crippen molar-refractivity contribution in [1.29, 1.82) is 0 Å². The molecule has 1 atom stereocenters.